The third kappa shape index (κ3) is 3.68. The number of anilines is 1. The zero-order valence-electron chi connectivity index (χ0n) is 10.3. The normalized spacial score (nSPS) is 10.4. The molecular formula is C13H13ClN2O2S. The van der Waals surface area contributed by atoms with E-state index in [1.54, 1.807) is 17.4 Å². The number of rotatable bonds is 5. The van der Waals surface area contributed by atoms with Crippen LogP contribution in [0.5, 0.6) is 0 Å². The smallest absolute Gasteiger partial charge is 0.335 e. The Morgan fingerprint density at radius 2 is 2.32 bits per heavy atom. The first-order chi connectivity index (χ1) is 9.06. The molecule has 2 rings (SSSR count). The lowest BCUT2D eigenvalue weighted by atomic mass is 10.2. The summed E-state index contributed by atoms with van der Waals surface area (Å²) in [5.74, 6) is -0.980. The summed E-state index contributed by atoms with van der Waals surface area (Å²) < 4.78 is 0. The predicted molar refractivity (Wildman–Crippen MR) is 77.5 cm³/mol. The molecule has 1 heterocycles. The van der Waals surface area contributed by atoms with Crippen LogP contribution in [0.3, 0.4) is 0 Å². The van der Waals surface area contributed by atoms with Crippen molar-refractivity contribution in [2.24, 2.45) is 0 Å². The van der Waals surface area contributed by atoms with Crippen molar-refractivity contribution in [2.45, 2.75) is 13.3 Å². The quantitative estimate of drug-likeness (QED) is 0.887. The molecular weight excluding hydrogens is 284 g/mol. The molecule has 1 aromatic heterocycles. The van der Waals surface area contributed by atoms with Crippen LogP contribution in [0.25, 0.3) is 0 Å². The van der Waals surface area contributed by atoms with E-state index in [1.807, 2.05) is 12.3 Å². The molecule has 0 atom stereocenters. The van der Waals surface area contributed by atoms with Gasteiger partial charge in [0.05, 0.1) is 21.3 Å². The summed E-state index contributed by atoms with van der Waals surface area (Å²) >= 11 is 7.65. The van der Waals surface area contributed by atoms with Crippen molar-refractivity contribution in [3.8, 4) is 0 Å². The van der Waals surface area contributed by atoms with E-state index >= 15 is 0 Å². The van der Waals surface area contributed by atoms with Crippen molar-refractivity contribution in [3.63, 3.8) is 0 Å². The molecule has 0 unspecified atom stereocenters. The fourth-order valence-corrected chi connectivity index (χ4v) is 2.64. The van der Waals surface area contributed by atoms with E-state index < -0.39 is 5.97 Å². The van der Waals surface area contributed by atoms with Crippen LogP contribution in [0.2, 0.25) is 5.02 Å². The number of carbonyl (C=O) groups is 1. The Morgan fingerprint density at radius 3 is 2.89 bits per heavy atom. The summed E-state index contributed by atoms with van der Waals surface area (Å²) in [5.41, 5.74) is 1.95. The summed E-state index contributed by atoms with van der Waals surface area (Å²) in [6.07, 6.45) is 0.815. The number of aromatic nitrogens is 1. The van der Waals surface area contributed by atoms with Gasteiger partial charge >= 0.3 is 5.97 Å². The summed E-state index contributed by atoms with van der Waals surface area (Å²) in [6.45, 7) is 2.67. The Morgan fingerprint density at radius 1 is 1.53 bits per heavy atom. The van der Waals surface area contributed by atoms with Crippen LogP contribution >= 0.6 is 22.9 Å². The van der Waals surface area contributed by atoms with E-state index in [2.05, 4.69) is 10.3 Å². The molecule has 0 radical (unpaired) electrons. The van der Waals surface area contributed by atoms with Gasteiger partial charge in [-0.15, -0.1) is 11.3 Å². The molecule has 0 aliphatic carbocycles. The SMILES string of the molecule is Cc1csc(CCNc2ccc(C(=O)O)cc2Cl)n1. The van der Waals surface area contributed by atoms with Crippen LogP contribution in [0, 0.1) is 6.92 Å². The summed E-state index contributed by atoms with van der Waals surface area (Å²) in [7, 11) is 0. The molecule has 0 aliphatic heterocycles. The zero-order valence-corrected chi connectivity index (χ0v) is 11.9. The van der Waals surface area contributed by atoms with Crippen molar-refractivity contribution in [2.75, 3.05) is 11.9 Å². The molecule has 2 aromatic rings. The second-order valence-electron chi connectivity index (χ2n) is 4.06. The number of benzene rings is 1. The third-order valence-electron chi connectivity index (χ3n) is 2.54. The van der Waals surface area contributed by atoms with Gasteiger partial charge in [-0.05, 0) is 25.1 Å². The molecule has 4 nitrogen and oxygen atoms in total. The van der Waals surface area contributed by atoms with E-state index in [9.17, 15) is 4.79 Å². The third-order valence-corrected chi connectivity index (χ3v) is 3.88. The molecule has 1 aromatic carbocycles. The monoisotopic (exact) mass is 296 g/mol. The Hall–Kier alpha value is -1.59. The van der Waals surface area contributed by atoms with Crippen LogP contribution in [0.4, 0.5) is 5.69 Å². The molecule has 0 fully saturated rings. The molecule has 0 saturated heterocycles. The van der Waals surface area contributed by atoms with E-state index in [0.29, 0.717) is 11.6 Å². The fraction of sp³-hybridized carbons (Fsp3) is 0.231. The molecule has 100 valence electrons. The average Bonchev–Trinajstić information content (AvgIpc) is 2.77. The van der Waals surface area contributed by atoms with Gasteiger partial charge in [0.2, 0.25) is 0 Å². The number of nitrogens with one attached hydrogen (secondary N) is 1. The second kappa shape index (κ2) is 6.04. The van der Waals surface area contributed by atoms with Gasteiger partial charge in [0.1, 0.15) is 0 Å². The number of nitrogens with zero attached hydrogens (tertiary/aromatic N) is 1. The zero-order chi connectivity index (χ0) is 13.8. The largest absolute Gasteiger partial charge is 0.478 e. The Labute approximate surface area is 120 Å². The van der Waals surface area contributed by atoms with Crippen molar-refractivity contribution < 1.29 is 9.90 Å². The van der Waals surface area contributed by atoms with E-state index in [0.717, 1.165) is 22.8 Å². The Balaban J connectivity index is 1.94. The maximum absolute atomic E-state index is 10.8. The number of carboxylic acid groups (broad SMARTS) is 1. The van der Waals surface area contributed by atoms with Crippen LogP contribution in [0.1, 0.15) is 21.1 Å². The number of thiazole rings is 1. The highest BCUT2D eigenvalue weighted by molar-refractivity contribution is 7.09. The van der Waals surface area contributed by atoms with Crippen molar-refractivity contribution in [1.29, 1.82) is 0 Å². The van der Waals surface area contributed by atoms with Gasteiger partial charge in [-0.3, -0.25) is 0 Å². The number of carboxylic acids is 1. The number of halogens is 1. The molecule has 0 aliphatic rings. The van der Waals surface area contributed by atoms with Gasteiger partial charge in [0.15, 0.2) is 0 Å². The Kier molecular flexibility index (Phi) is 4.39. The summed E-state index contributed by atoms with van der Waals surface area (Å²) in [6, 6.07) is 4.66. The number of hydrogen-bond donors (Lipinski definition) is 2. The highest BCUT2D eigenvalue weighted by Gasteiger charge is 2.07. The van der Waals surface area contributed by atoms with E-state index in [-0.39, 0.29) is 5.56 Å². The molecule has 2 N–H and O–H groups in total. The minimum absolute atomic E-state index is 0.186. The molecule has 0 spiro atoms. The maximum Gasteiger partial charge on any atom is 0.335 e. The van der Waals surface area contributed by atoms with Crippen LogP contribution in [-0.2, 0) is 6.42 Å². The molecule has 6 heteroatoms. The maximum atomic E-state index is 10.8. The first-order valence-electron chi connectivity index (χ1n) is 5.74. The lowest BCUT2D eigenvalue weighted by Gasteiger charge is -2.08. The molecule has 19 heavy (non-hydrogen) atoms. The van der Waals surface area contributed by atoms with Gasteiger partial charge in [0.25, 0.3) is 0 Å². The molecule has 0 bridgehead atoms. The van der Waals surface area contributed by atoms with Gasteiger partial charge < -0.3 is 10.4 Å². The molecule has 0 saturated carbocycles. The second-order valence-corrected chi connectivity index (χ2v) is 5.41. The Bertz CT molecular complexity index is 598. The van der Waals surface area contributed by atoms with Crippen LogP contribution in [-0.4, -0.2) is 22.6 Å². The topological polar surface area (TPSA) is 62.2 Å². The van der Waals surface area contributed by atoms with Crippen LogP contribution < -0.4 is 5.32 Å². The fourth-order valence-electron chi connectivity index (χ4n) is 1.61. The van der Waals surface area contributed by atoms with E-state index in [4.69, 9.17) is 16.7 Å². The minimum atomic E-state index is -0.980. The van der Waals surface area contributed by atoms with Crippen molar-refractivity contribution in [1.82, 2.24) is 4.98 Å². The van der Waals surface area contributed by atoms with Crippen molar-refractivity contribution >= 4 is 34.6 Å². The standard InChI is InChI=1S/C13H13ClN2O2S/c1-8-7-19-12(16-8)4-5-15-11-3-2-9(13(17)18)6-10(11)14/h2-3,6-7,15H,4-5H2,1H3,(H,17,18). The summed E-state index contributed by atoms with van der Waals surface area (Å²) in [4.78, 5) is 15.1. The highest BCUT2D eigenvalue weighted by atomic mass is 35.5. The average molecular weight is 297 g/mol. The van der Waals surface area contributed by atoms with Gasteiger partial charge in [-0.1, -0.05) is 11.6 Å². The van der Waals surface area contributed by atoms with Crippen LogP contribution in [0.15, 0.2) is 23.6 Å². The lowest BCUT2D eigenvalue weighted by molar-refractivity contribution is 0.0697. The lowest BCUT2D eigenvalue weighted by Crippen LogP contribution is -2.06. The first kappa shape index (κ1) is 13.8. The minimum Gasteiger partial charge on any atom is -0.478 e. The summed E-state index contributed by atoms with van der Waals surface area (Å²) in [5, 5.41) is 15.5. The van der Waals surface area contributed by atoms with E-state index in [1.165, 1.54) is 12.1 Å². The predicted octanol–water partition coefficient (Wildman–Crippen LogP) is 3.46. The van der Waals surface area contributed by atoms with Crippen molar-refractivity contribution in [3.05, 3.63) is 44.9 Å². The molecule has 0 amide bonds. The highest BCUT2D eigenvalue weighted by Crippen LogP contribution is 2.23. The number of hydrogen-bond acceptors (Lipinski definition) is 4. The van der Waals surface area contributed by atoms with Gasteiger partial charge in [-0.25, -0.2) is 9.78 Å². The first-order valence-corrected chi connectivity index (χ1v) is 7.00. The number of aryl methyl sites for hydroxylation is 1. The number of aromatic carboxylic acids is 1. The van der Waals surface area contributed by atoms with Gasteiger partial charge in [-0.2, -0.15) is 0 Å². The van der Waals surface area contributed by atoms with Gasteiger partial charge in [0, 0.05) is 24.0 Å².